The summed E-state index contributed by atoms with van der Waals surface area (Å²) in [5.74, 6) is -0.0186. The van der Waals surface area contributed by atoms with Crippen LogP contribution in [-0.2, 0) is 9.53 Å². The summed E-state index contributed by atoms with van der Waals surface area (Å²) in [7, 11) is 3.20. The van der Waals surface area contributed by atoms with Crippen molar-refractivity contribution in [1.29, 1.82) is 0 Å². The van der Waals surface area contributed by atoms with Gasteiger partial charge in [-0.05, 0) is 11.1 Å². The van der Waals surface area contributed by atoms with Crippen LogP contribution in [0.4, 0.5) is 0 Å². The Balaban J connectivity index is 2.17. The Bertz CT molecular complexity index is 440. The molecule has 1 aliphatic rings. The fourth-order valence-corrected chi connectivity index (χ4v) is 2.41. The number of ether oxygens (including phenoxy) is 1. The van der Waals surface area contributed by atoms with Crippen LogP contribution >= 0.6 is 0 Å². The number of nitrogens with one attached hydrogen (secondary N) is 1. The molecule has 96 valence electrons. The van der Waals surface area contributed by atoms with Crippen molar-refractivity contribution in [3.8, 4) is 0 Å². The number of benzene rings is 1. The van der Waals surface area contributed by atoms with Crippen molar-refractivity contribution in [1.82, 2.24) is 5.32 Å². The zero-order valence-electron chi connectivity index (χ0n) is 10.7. The highest BCUT2D eigenvalue weighted by atomic mass is 16.5. The normalized spacial score (nSPS) is 23.4. The molecular formula is C14H18N2O2. The van der Waals surface area contributed by atoms with E-state index in [0.717, 1.165) is 12.1 Å². The number of carbonyl (C=O) groups is 1. The number of aliphatic imine (C=N–C) groups is 1. The van der Waals surface area contributed by atoms with E-state index < -0.39 is 0 Å². The molecule has 1 aromatic rings. The van der Waals surface area contributed by atoms with Crippen molar-refractivity contribution in [2.45, 2.75) is 5.92 Å². The summed E-state index contributed by atoms with van der Waals surface area (Å²) in [5, 5.41) is 3.25. The SMILES string of the molecule is CN=Cc1ccc(C2CNCC2C(=O)OC)cc1. The van der Waals surface area contributed by atoms with Gasteiger partial charge in [-0.15, -0.1) is 0 Å². The number of nitrogens with zero attached hydrogens (tertiary/aromatic N) is 1. The third-order valence-electron chi connectivity index (χ3n) is 3.36. The quantitative estimate of drug-likeness (QED) is 0.644. The lowest BCUT2D eigenvalue weighted by atomic mass is 9.88. The van der Waals surface area contributed by atoms with Gasteiger partial charge in [-0.25, -0.2) is 0 Å². The lowest BCUT2D eigenvalue weighted by Crippen LogP contribution is -2.22. The Morgan fingerprint density at radius 2 is 2.11 bits per heavy atom. The molecule has 1 aromatic carbocycles. The summed E-state index contributed by atoms with van der Waals surface area (Å²) < 4.78 is 4.85. The molecule has 0 aromatic heterocycles. The molecule has 1 N–H and O–H groups in total. The van der Waals surface area contributed by atoms with Gasteiger partial charge in [0, 0.05) is 32.3 Å². The van der Waals surface area contributed by atoms with Crippen LogP contribution in [-0.4, -0.2) is 39.4 Å². The first kappa shape index (κ1) is 12.8. The molecule has 4 nitrogen and oxygen atoms in total. The molecule has 0 saturated carbocycles. The van der Waals surface area contributed by atoms with Crippen molar-refractivity contribution >= 4 is 12.2 Å². The van der Waals surface area contributed by atoms with Crippen molar-refractivity contribution < 1.29 is 9.53 Å². The van der Waals surface area contributed by atoms with Gasteiger partial charge < -0.3 is 10.1 Å². The van der Waals surface area contributed by atoms with E-state index in [9.17, 15) is 4.79 Å². The van der Waals surface area contributed by atoms with E-state index in [1.807, 2.05) is 18.3 Å². The third-order valence-corrected chi connectivity index (χ3v) is 3.36. The zero-order valence-corrected chi connectivity index (χ0v) is 10.7. The average molecular weight is 246 g/mol. The minimum Gasteiger partial charge on any atom is -0.469 e. The summed E-state index contributed by atoms with van der Waals surface area (Å²) in [6.07, 6.45) is 1.81. The molecule has 0 radical (unpaired) electrons. The van der Waals surface area contributed by atoms with Gasteiger partial charge in [-0.3, -0.25) is 9.79 Å². The van der Waals surface area contributed by atoms with Crippen LogP contribution in [0.5, 0.6) is 0 Å². The van der Waals surface area contributed by atoms with Crippen LogP contribution in [0.1, 0.15) is 17.0 Å². The van der Waals surface area contributed by atoms with Crippen LogP contribution in [0.15, 0.2) is 29.3 Å². The van der Waals surface area contributed by atoms with Crippen molar-refractivity contribution in [2.24, 2.45) is 10.9 Å². The number of hydrogen-bond acceptors (Lipinski definition) is 4. The Labute approximate surface area is 107 Å². The lowest BCUT2D eigenvalue weighted by Gasteiger charge is -2.16. The minimum absolute atomic E-state index is 0.0827. The van der Waals surface area contributed by atoms with E-state index in [4.69, 9.17) is 4.74 Å². The van der Waals surface area contributed by atoms with Gasteiger partial charge in [0.15, 0.2) is 0 Å². The predicted octanol–water partition coefficient (Wildman–Crippen LogP) is 1.21. The van der Waals surface area contributed by atoms with Crippen molar-refractivity contribution in [3.05, 3.63) is 35.4 Å². The molecule has 0 amide bonds. The second-order valence-electron chi connectivity index (χ2n) is 4.45. The average Bonchev–Trinajstić information content (AvgIpc) is 2.88. The van der Waals surface area contributed by atoms with E-state index in [0.29, 0.717) is 6.54 Å². The smallest absolute Gasteiger partial charge is 0.310 e. The highest BCUT2D eigenvalue weighted by molar-refractivity contribution is 5.79. The summed E-state index contributed by atoms with van der Waals surface area (Å²) in [6, 6.07) is 8.17. The fraction of sp³-hybridized carbons (Fsp3) is 0.429. The summed E-state index contributed by atoms with van der Waals surface area (Å²) in [6.45, 7) is 1.51. The molecule has 1 saturated heterocycles. The Kier molecular flexibility index (Phi) is 4.10. The fourth-order valence-electron chi connectivity index (χ4n) is 2.41. The Morgan fingerprint density at radius 1 is 1.39 bits per heavy atom. The van der Waals surface area contributed by atoms with E-state index in [-0.39, 0.29) is 17.8 Å². The number of carbonyl (C=O) groups excluding carboxylic acids is 1. The monoisotopic (exact) mass is 246 g/mol. The van der Waals surface area contributed by atoms with Crippen LogP contribution in [0, 0.1) is 5.92 Å². The summed E-state index contributed by atoms with van der Waals surface area (Å²) in [5.41, 5.74) is 2.24. The van der Waals surface area contributed by atoms with E-state index in [1.165, 1.54) is 12.7 Å². The predicted molar refractivity (Wildman–Crippen MR) is 71.1 cm³/mol. The molecule has 2 unspecified atom stereocenters. The topological polar surface area (TPSA) is 50.7 Å². The minimum atomic E-state index is -0.135. The molecule has 4 heteroatoms. The molecule has 2 atom stereocenters. The Morgan fingerprint density at radius 3 is 2.72 bits per heavy atom. The van der Waals surface area contributed by atoms with Gasteiger partial charge in [-0.2, -0.15) is 0 Å². The molecule has 1 fully saturated rings. The number of hydrogen-bond donors (Lipinski definition) is 1. The second kappa shape index (κ2) is 5.78. The van der Waals surface area contributed by atoms with E-state index in [1.54, 1.807) is 7.05 Å². The molecule has 0 bridgehead atoms. The summed E-state index contributed by atoms with van der Waals surface area (Å²) >= 11 is 0. The van der Waals surface area contributed by atoms with E-state index in [2.05, 4.69) is 22.4 Å². The number of methoxy groups -OCH3 is 1. The summed E-state index contributed by atoms with van der Waals surface area (Å²) in [4.78, 5) is 15.7. The first-order valence-corrected chi connectivity index (χ1v) is 6.07. The van der Waals surface area contributed by atoms with Crippen LogP contribution in [0.3, 0.4) is 0 Å². The highest BCUT2D eigenvalue weighted by Crippen LogP contribution is 2.29. The molecule has 1 aliphatic heterocycles. The maximum absolute atomic E-state index is 11.7. The molecule has 1 heterocycles. The van der Waals surface area contributed by atoms with Gasteiger partial charge in [0.25, 0.3) is 0 Å². The molecule has 2 rings (SSSR count). The van der Waals surface area contributed by atoms with Gasteiger partial charge in [0.05, 0.1) is 13.0 Å². The zero-order chi connectivity index (χ0) is 13.0. The van der Waals surface area contributed by atoms with Crippen molar-refractivity contribution in [2.75, 3.05) is 27.2 Å². The highest BCUT2D eigenvalue weighted by Gasteiger charge is 2.34. The molecule has 18 heavy (non-hydrogen) atoms. The first-order chi connectivity index (χ1) is 8.76. The Hall–Kier alpha value is -1.68. The van der Waals surface area contributed by atoms with Crippen LogP contribution < -0.4 is 5.32 Å². The number of esters is 1. The van der Waals surface area contributed by atoms with E-state index >= 15 is 0 Å². The largest absolute Gasteiger partial charge is 0.469 e. The maximum atomic E-state index is 11.7. The maximum Gasteiger partial charge on any atom is 0.310 e. The second-order valence-corrected chi connectivity index (χ2v) is 4.45. The number of rotatable bonds is 3. The molecular weight excluding hydrogens is 228 g/mol. The first-order valence-electron chi connectivity index (χ1n) is 6.07. The van der Waals surface area contributed by atoms with Gasteiger partial charge in [0.2, 0.25) is 0 Å². The van der Waals surface area contributed by atoms with Crippen LogP contribution in [0.25, 0.3) is 0 Å². The van der Waals surface area contributed by atoms with Gasteiger partial charge >= 0.3 is 5.97 Å². The van der Waals surface area contributed by atoms with Crippen molar-refractivity contribution in [3.63, 3.8) is 0 Å². The third kappa shape index (κ3) is 2.59. The molecule has 0 aliphatic carbocycles. The van der Waals surface area contributed by atoms with Gasteiger partial charge in [0.1, 0.15) is 0 Å². The van der Waals surface area contributed by atoms with Gasteiger partial charge in [-0.1, -0.05) is 24.3 Å². The lowest BCUT2D eigenvalue weighted by molar-refractivity contribution is -0.145. The van der Waals surface area contributed by atoms with Crippen LogP contribution in [0.2, 0.25) is 0 Å². The standard InChI is InChI=1S/C14H18N2O2/c1-15-7-10-3-5-11(6-4-10)12-8-16-9-13(12)14(17)18-2/h3-7,12-13,16H,8-9H2,1-2H3. The molecule has 0 spiro atoms.